The van der Waals surface area contributed by atoms with E-state index in [2.05, 4.69) is 41.6 Å². The van der Waals surface area contributed by atoms with Crippen LogP contribution in [0.1, 0.15) is 46.5 Å². The Kier molecular flexibility index (Phi) is 7.24. The first-order chi connectivity index (χ1) is 15.5. The summed E-state index contributed by atoms with van der Waals surface area (Å²) < 4.78 is 26.5. The van der Waals surface area contributed by atoms with E-state index in [-0.39, 0.29) is 34.9 Å². The lowest BCUT2D eigenvalue weighted by Gasteiger charge is -2.38. The zero-order chi connectivity index (χ0) is 24.4. The Hall–Kier alpha value is -2.77. The van der Waals surface area contributed by atoms with E-state index in [0.29, 0.717) is 18.8 Å². The number of ether oxygens (including phenoxy) is 2. The number of carbonyl (C=O) groups excluding carboxylic acids is 1. The number of rotatable bonds is 7. The maximum Gasteiger partial charge on any atom is 0.312 e. The van der Waals surface area contributed by atoms with Gasteiger partial charge in [-0.05, 0) is 37.0 Å². The summed E-state index contributed by atoms with van der Waals surface area (Å²) in [5, 5.41) is 10.0. The van der Waals surface area contributed by atoms with E-state index >= 15 is 0 Å². The number of nitrogen functional groups attached to an aromatic ring is 1. The average Bonchev–Trinajstić information content (AvgIpc) is 3.17. The standard InChI is InChI=1S/C23H32FN5O4/c1-6-23(12-30,32-5)16(11-29-13-26-17-18(25)27-21(24)28-19(17)29)33-20(31)14-7-9-15(10-8-14)22(2,3)4/h1,13-16,30H,7-12H2,2-5H3,(H2,25,27,28)/t14?,15?,16-,23?/m0/s1. The fraction of sp³-hybridized carbons (Fsp3) is 0.652. The number of hydrogen-bond acceptors (Lipinski definition) is 8. The van der Waals surface area contributed by atoms with Gasteiger partial charge in [0.2, 0.25) is 0 Å². The number of nitrogens with two attached hydrogens (primary N) is 1. The maximum absolute atomic E-state index is 13.8. The number of imidazole rings is 1. The minimum atomic E-state index is -1.61. The molecule has 3 rings (SSSR count). The first kappa shape index (κ1) is 24.9. The highest BCUT2D eigenvalue weighted by atomic mass is 19.1. The van der Waals surface area contributed by atoms with E-state index in [0.717, 1.165) is 12.8 Å². The van der Waals surface area contributed by atoms with Crippen LogP contribution >= 0.6 is 0 Å². The summed E-state index contributed by atoms with van der Waals surface area (Å²) in [6.07, 6.45) is 8.25. The maximum atomic E-state index is 13.8. The first-order valence-corrected chi connectivity index (χ1v) is 11.0. The number of esters is 1. The second-order valence-corrected chi connectivity index (χ2v) is 9.68. The summed E-state index contributed by atoms with van der Waals surface area (Å²) in [6.45, 7) is 5.97. The van der Waals surface area contributed by atoms with Gasteiger partial charge in [0.25, 0.3) is 0 Å². The van der Waals surface area contributed by atoms with E-state index in [4.69, 9.17) is 21.6 Å². The average molecular weight is 462 g/mol. The Morgan fingerprint density at radius 2 is 2.03 bits per heavy atom. The van der Waals surface area contributed by atoms with Gasteiger partial charge < -0.3 is 24.9 Å². The van der Waals surface area contributed by atoms with Crippen molar-refractivity contribution in [1.29, 1.82) is 0 Å². The second kappa shape index (κ2) is 9.61. The van der Waals surface area contributed by atoms with Gasteiger partial charge in [0.05, 0.1) is 25.4 Å². The second-order valence-electron chi connectivity index (χ2n) is 9.68. The summed E-state index contributed by atoms with van der Waals surface area (Å²) in [5.41, 5.74) is 4.64. The Morgan fingerprint density at radius 1 is 1.36 bits per heavy atom. The molecule has 0 aliphatic heterocycles. The fourth-order valence-corrected chi connectivity index (χ4v) is 4.46. The zero-order valence-corrected chi connectivity index (χ0v) is 19.5. The molecule has 2 aromatic rings. The molecule has 1 aliphatic rings. The van der Waals surface area contributed by atoms with Crippen LogP contribution in [0.2, 0.25) is 0 Å². The molecule has 9 nitrogen and oxygen atoms in total. The number of carbonyl (C=O) groups is 1. The number of nitrogens with zero attached hydrogens (tertiary/aromatic N) is 4. The minimum Gasteiger partial charge on any atom is -0.456 e. The molecule has 0 bridgehead atoms. The number of methoxy groups -OCH3 is 1. The molecule has 2 aromatic heterocycles. The van der Waals surface area contributed by atoms with Crippen molar-refractivity contribution in [1.82, 2.24) is 19.5 Å². The van der Waals surface area contributed by atoms with Crippen molar-refractivity contribution in [2.24, 2.45) is 17.3 Å². The highest BCUT2D eigenvalue weighted by Crippen LogP contribution is 2.40. The van der Waals surface area contributed by atoms with Gasteiger partial charge in [0.15, 0.2) is 23.2 Å². The molecule has 1 unspecified atom stereocenters. The fourth-order valence-electron chi connectivity index (χ4n) is 4.46. The number of anilines is 1. The van der Waals surface area contributed by atoms with Crippen molar-refractivity contribution in [3.8, 4) is 12.3 Å². The Balaban J connectivity index is 1.85. The SMILES string of the molecule is C#CC(CO)(OC)[C@H](Cn1cnc2c(N)nc(F)nc21)OC(=O)C1CCC(C(C)(C)C)CC1. The van der Waals surface area contributed by atoms with Crippen molar-refractivity contribution in [2.45, 2.75) is 64.7 Å². The highest BCUT2D eigenvalue weighted by molar-refractivity contribution is 5.81. The molecular weight excluding hydrogens is 429 g/mol. The van der Waals surface area contributed by atoms with Gasteiger partial charge >= 0.3 is 12.0 Å². The molecule has 1 fully saturated rings. The van der Waals surface area contributed by atoms with Crippen LogP contribution in [0.5, 0.6) is 0 Å². The van der Waals surface area contributed by atoms with Crippen LogP contribution in [0.15, 0.2) is 6.33 Å². The molecule has 33 heavy (non-hydrogen) atoms. The van der Waals surface area contributed by atoms with Crippen LogP contribution in [0, 0.1) is 35.7 Å². The predicted molar refractivity (Wildman–Crippen MR) is 120 cm³/mol. The molecule has 0 spiro atoms. The lowest BCUT2D eigenvalue weighted by atomic mass is 9.70. The molecule has 2 atom stereocenters. The van der Waals surface area contributed by atoms with E-state index in [9.17, 15) is 14.3 Å². The highest BCUT2D eigenvalue weighted by Gasteiger charge is 2.42. The van der Waals surface area contributed by atoms with E-state index in [1.807, 2.05) is 0 Å². The predicted octanol–water partition coefficient (Wildman–Crippen LogP) is 2.32. The summed E-state index contributed by atoms with van der Waals surface area (Å²) in [7, 11) is 1.33. The number of halogens is 1. The Bertz CT molecular complexity index is 1030. The van der Waals surface area contributed by atoms with Crippen molar-refractivity contribution in [3.63, 3.8) is 0 Å². The van der Waals surface area contributed by atoms with Gasteiger partial charge in [-0.2, -0.15) is 14.4 Å². The van der Waals surface area contributed by atoms with Crippen LogP contribution < -0.4 is 5.73 Å². The molecule has 180 valence electrons. The quantitative estimate of drug-likeness (QED) is 0.366. The van der Waals surface area contributed by atoms with Gasteiger partial charge in [0.1, 0.15) is 5.52 Å². The number of fused-ring (bicyclic) bond motifs is 1. The van der Waals surface area contributed by atoms with Crippen molar-refractivity contribution >= 4 is 23.0 Å². The molecule has 0 amide bonds. The first-order valence-electron chi connectivity index (χ1n) is 11.0. The molecule has 0 radical (unpaired) electrons. The lowest BCUT2D eigenvalue weighted by Crippen LogP contribution is -2.51. The normalized spacial score (nSPS) is 21.8. The lowest BCUT2D eigenvalue weighted by molar-refractivity contribution is -0.174. The zero-order valence-electron chi connectivity index (χ0n) is 19.5. The molecule has 0 aromatic carbocycles. The molecule has 1 aliphatic carbocycles. The number of aliphatic hydroxyl groups excluding tert-OH is 1. The van der Waals surface area contributed by atoms with Crippen molar-refractivity contribution in [2.75, 3.05) is 19.5 Å². The number of terminal acetylenes is 1. The molecule has 1 saturated carbocycles. The third-order valence-corrected chi connectivity index (χ3v) is 6.73. The summed E-state index contributed by atoms with van der Waals surface area (Å²) >= 11 is 0. The van der Waals surface area contributed by atoms with Crippen molar-refractivity contribution < 1.29 is 23.8 Å². The smallest absolute Gasteiger partial charge is 0.312 e. The molecule has 2 heterocycles. The van der Waals surface area contributed by atoms with E-state index < -0.39 is 30.4 Å². The van der Waals surface area contributed by atoms with Crippen LogP contribution in [0.4, 0.5) is 10.2 Å². The third kappa shape index (κ3) is 5.09. The van der Waals surface area contributed by atoms with Crippen LogP contribution in [-0.4, -0.2) is 56.0 Å². The Morgan fingerprint density at radius 3 is 2.58 bits per heavy atom. The van der Waals surface area contributed by atoms with E-state index in [1.54, 1.807) is 0 Å². The molecule has 10 heteroatoms. The molecule has 3 N–H and O–H groups in total. The van der Waals surface area contributed by atoms with Crippen molar-refractivity contribution in [3.05, 3.63) is 12.4 Å². The topological polar surface area (TPSA) is 125 Å². The molecule has 0 saturated heterocycles. The number of hydrogen-bond donors (Lipinski definition) is 2. The van der Waals surface area contributed by atoms with Gasteiger partial charge in [-0.1, -0.05) is 26.7 Å². The molecular formula is C23H32FN5O4. The Labute approximate surface area is 192 Å². The van der Waals surface area contributed by atoms with E-state index in [1.165, 1.54) is 18.0 Å². The summed E-state index contributed by atoms with van der Waals surface area (Å²) in [4.78, 5) is 24.4. The minimum absolute atomic E-state index is 0.0753. The van der Waals surface area contributed by atoms with Gasteiger partial charge in [-0.15, -0.1) is 6.42 Å². The van der Waals surface area contributed by atoms with Gasteiger partial charge in [-0.3, -0.25) is 4.79 Å². The van der Waals surface area contributed by atoms with Crippen LogP contribution in [0.3, 0.4) is 0 Å². The van der Waals surface area contributed by atoms with Crippen LogP contribution in [0.25, 0.3) is 11.2 Å². The van der Waals surface area contributed by atoms with Crippen LogP contribution in [-0.2, 0) is 20.8 Å². The largest absolute Gasteiger partial charge is 0.456 e. The van der Waals surface area contributed by atoms with Gasteiger partial charge in [-0.25, -0.2) is 4.98 Å². The monoisotopic (exact) mass is 461 g/mol. The number of aromatic nitrogens is 4. The summed E-state index contributed by atoms with van der Waals surface area (Å²) in [5.74, 6) is 2.17. The number of aliphatic hydroxyl groups is 1. The van der Waals surface area contributed by atoms with Gasteiger partial charge in [0, 0.05) is 7.11 Å². The third-order valence-electron chi connectivity index (χ3n) is 6.73. The summed E-state index contributed by atoms with van der Waals surface area (Å²) in [6, 6.07) is 0.